The monoisotopic (exact) mass is 358 g/mol. The van der Waals surface area contributed by atoms with Gasteiger partial charge in [-0.2, -0.15) is 0 Å². The van der Waals surface area contributed by atoms with E-state index in [2.05, 4.69) is 20.6 Å². The topological polar surface area (TPSA) is 96.2 Å². The molecular formula is C18H26N6O2. The fourth-order valence-corrected chi connectivity index (χ4v) is 3.22. The number of nitrogens with zero attached hydrogens (tertiary/aromatic N) is 4. The summed E-state index contributed by atoms with van der Waals surface area (Å²) in [5, 5.41) is 6.50. The molecule has 0 bridgehead atoms. The number of hydrogen-bond donors (Lipinski definition) is 2. The molecule has 1 aliphatic heterocycles. The zero-order valence-electron chi connectivity index (χ0n) is 15.8. The van der Waals surface area contributed by atoms with Crippen LogP contribution in [0.1, 0.15) is 52.4 Å². The molecule has 8 heteroatoms. The van der Waals surface area contributed by atoms with Crippen LogP contribution in [0, 0.1) is 13.8 Å². The lowest BCUT2D eigenvalue weighted by Gasteiger charge is -2.23. The molecule has 0 radical (unpaired) electrons. The highest BCUT2D eigenvalue weighted by Crippen LogP contribution is 2.23. The molecule has 140 valence electrons. The van der Waals surface area contributed by atoms with E-state index < -0.39 is 0 Å². The molecule has 2 aromatic heterocycles. The zero-order chi connectivity index (χ0) is 18.7. The average molecular weight is 358 g/mol. The summed E-state index contributed by atoms with van der Waals surface area (Å²) in [6.45, 7) is 5.78. The third kappa shape index (κ3) is 4.01. The second-order valence-corrected chi connectivity index (χ2v) is 6.70. The second-order valence-electron chi connectivity index (χ2n) is 6.70. The van der Waals surface area contributed by atoms with Gasteiger partial charge < -0.3 is 20.0 Å². The van der Waals surface area contributed by atoms with Crippen LogP contribution in [0.15, 0.2) is 10.5 Å². The molecule has 3 rings (SSSR count). The minimum absolute atomic E-state index is 0.220. The first kappa shape index (κ1) is 18.3. The number of oxazole rings is 1. The van der Waals surface area contributed by atoms with Gasteiger partial charge in [0.15, 0.2) is 5.89 Å². The lowest BCUT2D eigenvalue weighted by atomic mass is 9.96. The van der Waals surface area contributed by atoms with Gasteiger partial charge >= 0.3 is 0 Å². The Balaban J connectivity index is 1.79. The van der Waals surface area contributed by atoms with E-state index in [0.717, 1.165) is 37.4 Å². The van der Waals surface area contributed by atoms with Gasteiger partial charge in [-0.05, 0) is 26.3 Å². The normalized spacial score (nSPS) is 17.2. The lowest BCUT2D eigenvalue weighted by Crippen LogP contribution is -2.30. The Morgan fingerprint density at radius 1 is 1.38 bits per heavy atom. The third-order valence-corrected chi connectivity index (χ3v) is 4.59. The number of nitrogens with one attached hydrogen (secondary N) is 2. The van der Waals surface area contributed by atoms with Crippen molar-refractivity contribution in [3.63, 3.8) is 0 Å². The van der Waals surface area contributed by atoms with Crippen molar-refractivity contribution in [1.82, 2.24) is 25.2 Å². The Morgan fingerprint density at radius 3 is 2.81 bits per heavy atom. The molecule has 1 atom stereocenters. The standard InChI is InChI=1S/C18H26N6O2/c1-11-17(26-12(2)21-11)18(25)24(4)10-16-22-14(8-15(19-3)23-16)13-6-5-7-20-9-13/h8,13,20H,5-7,9-10H2,1-4H3,(H,19,22,23). The summed E-state index contributed by atoms with van der Waals surface area (Å²) in [4.78, 5) is 27.6. The van der Waals surface area contributed by atoms with E-state index >= 15 is 0 Å². The zero-order valence-corrected chi connectivity index (χ0v) is 15.8. The van der Waals surface area contributed by atoms with Gasteiger partial charge in [-0.15, -0.1) is 0 Å². The fraction of sp³-hybridized carbons (Fsp3) is 0.556. The molecule has 0 aromatic carbocycles. The molecule has 0 aliphatic carbocycles. The highest BCUT2D eigenvalue weighted by molar-refractivity contribution is 5.92. The predicted octanol–water partition coefficient (Wildman–Crippen LogP) is 1.86. The van der Waals surface area contributed by atoms with Gasteiger partial charge in [-0.3, -0.25) is 4.79 Å². The number of hydrogen-bond acceptors (Lipinski definition) is 7. The smallest absolute Gasteiger partial charge is 0.291 e. The number of carbonyl (C=O) groups is 1. The maximum absolute atomic E-state index is 12.6. The Kier molecular flexibility index (Phi) is 5.51. The van der Waals surface area contributed by atoms with Crippen LogP contribution in [0.3, 0.4) is 0 Å². The molecule has 1 amide bonds. The Hall–Kier alpha value is -2.48. The molecular weight excluding hydrogens is 332 g/mol. The highest BCUT2D eigenvalue weighted by Gasteiger charge is 2.22. The number of piperidine rings is 1. The number of carbonyl (C=O) groups excluding carboxylic acids is 1. The highest BCUT2D eigenvalue weighted by atomic mass is 16.4. The predicted molar refractivity (Wildman–Crippen MR) is 98.2 cm³/mol. The van der Waals surface area contributed by atoms with Gasteiger partial charge in [0.05, 0.1) is 17.9 Å². The van der Waals surface area contributed by atoms with Crippen molar-refractivity contribution < 1.29 is 9.21 Å². The van der Waals surface area contributed by atoms with E-state index in [0.29, 0.717) is 29.9 Å². The number of amides is 1. The molecule has 1 unspecified atom stereocenters. The summed E-state index contributed by atoms with van der Waals surface area (Å²) in [7, 11) is 3.56. The first-order valence-corrected chi connectivity index (χ1v) is 8.93. The van der Waals surface area contributed by atoms with E-state index in [9.17, 15) is 4.79 Å². The van der Waals surface area contributed by atoms with Crippen molar-refractivity contribution in [2.75, 3.05) is 32.5 Å². The molecule has 1 fully saturated rings. The van der Waals surface area contributed by atoms with Crippen molar-refractivity contribution in [3.05, 3.63) is 34.9 Å². The average Bonchev–Trinajstić information content (AvgIpc) is 2.99. The molecule has 0 spiro atoms. The lowest BCUT2D eigenvalue weighted by molar-refractivity contribution is 0.0747. The van der Waals surface area contributed by atoms with Crippen molar-refractivity contribution in [2.45, 2.75) is 39.2 Å². The molecule has 8 nitrogen and oxygen atoms in total. The van der Waals surface area contributed by atoms with Crippen LogP contribution < -0.4 is 10.6 Å². The molecule has 2 N–H and O–H groups in total. The second kappa shape index (κ2) is 7.82. The Morgan fingerprint density at radius 2 is 2.19 bits per heavy atom. The van der Waals surface area contributed by atoms with Gasteiger partial charge in [0.25, 0.3) is 5.91 Å². The van der Waals surface area contributed by atoms with Gasteiger partial charge in [-0.25, -0.2) is 15.0 Å². The Labute approximate surface area is 153 Å². The molecule has 0 saturated carbocycles. The van der Waals surface area contributed by atoms with Gasteiger partial charge in [0.2, 0.25) is 5.76 Å². The number of aromatic nitrogens is 3. The third-order valence-electron chi connectivity index (χ3n) is 4.59. The van der Waals surface area contributed by atoms with Gasteiger partial charge in [-0.1, -0.05) is 0 Å². The molecule has 2 aromatic rings. The van der Waals surface area contributed by atoms with Crippen LogP contribution in [0.25, 0.3) is 0 Å². The minimum atomic E-state index is -0.220. The fourth-order valence-electron chi connectivity index (χ4n) is 3.22. The summed E-state index contributed by atoms with van der Waals surface area (Å²) in [6.07, 6.45) is 2.25. The molecule has 26 heavy (non-hydrogen) atoms. The van der Waals surface area contributed by atoms with Crippen molar-refractivity contribution in [2.24, 2.45) is 0 Å². The molecule has 1 aliphatic rings. The Bertz CT molecular complexity index is 782. The summed E-state index contributed by atoms with van der Waals surface area (Å²) in [5.74, 6) is 2.29. The molecule has 3 heterocycles. The van der Waals surface area contributed by atoms with Gasteiger partial charge in [0.1, 0.15) is 11.6 Å². The number of rotatable bonds is 5. The van der Waals surface area contributed by atoms with E-state index in [1.807, 2.05) is 13.1 Å². The van der Waals surface area contributed by atoms with Crippen LogP contribution in [0.2, 0.25) is 0 Å². The van der Waals surface area contributed by atoms with Crippen LogP contribution >= 0.6 is 0 Å². The maximum atomic E-state index is 12.6. The van der Waals surface area contributed by atoms with Crippen LogP contribution in [0.5, 0.6) is 0 Å². The van der Waals surface area contributed by atoms with Crippen LogP contribution in [-0.4, -0.2) is 52.9 Å². The van der Waals surface area contributed by atoms with Gasteiger partial charge in [0, 0.05) is 39.5 Å². The van der Waals surface area contributed by atoms with E-state index in [4.69, 9.17) is 9.40 Å². The summed E-state index contributed by atoms with van der Waals surface area (Å²) in [6, 6.07) is 1.99. The quantitative estimate of drug-likeness (QED) is 0.842. The summed E-state index contributed by atoms with van der Waals surface area (Å²) in [5.41, 5.74) is 1.61. The van der Waals surface area contributed by atoms with E-state index in [1.165, 1.54) is 0 Å². The number of aryl methyl sites for hydroxylation is 2. The van der Waals surface area contributed by atoms with Crippen molar-refractivity contribution >= 4 is 11.7 Å². The van der Waals surface area contributed by atoms with Crippen LogP contribution in [-0.2, 0) is 6.54 Å². The summed E-state index contributed by atoms with van der Waals surface area (Å²) >= 11 is 0. The largest absolute Gasteiger partial charge is 0.436 e. The SMILES string of the molecule is CNc1cc(C2CCCNC2)nc(CN(C)C(=O)c2oc(C)nc2C)n1. The first-order valence-electron chi connectivity index (χ1n) is 8.93. The summed E-state index contributed by atoms with van der Waals surface area (Å²) < 4.78 is 5.43. The minimum Gasteiger partial charge on any atom is -0.436 e. The van der Waals surface area contributed by atoms with Crippen molar-refractivity contribution in [1.29, 1.82) is 0 Å². The number of anilines is 1. The maximum Gasteiger partial charge on any atom is 0.291 e. The van der Waals surface area contributed by atoms with Crippen molar-refractivity contribution in [3.8, 4) is 0 Å². The molecule has 1 saturated heterocycles. The first-order chi connectivity index (χ1) is 12.5. The van der Waals surface area contributed by atoms with Crippen LogP contribution in [0.4, 0.5) is 5.82 Å². The van der Waals surface area contributed by atoms with E-state index in [1.54, 1.807) is 25.8 Å². The van der Waals surface area contributed by atoms with E-state index in [-0.39, 0.29) is 11.7 Å².